The highest BCUT2D eigenvalue weighted by atomic mass is 35.5. The van der Waals surface area contributed by atoms with Crippen molar-refractivity contribution in [2.75, 3.05) is 0 Å². The molecule has 3 aromatic rings. The van der Waals surface area contributed by atoms with Gasteiger partial charge >= 0.3 is 0 Å². The van der Waals surface area contributed by atoms with Crippen LogP contribution in [0.25, 0.3) is 11.2 Å². The molecule has 1 N–H and O–H groups in total. The summed E-state index contributed by atoms with van der Waals surface area (Å²) in [5.41, 5.74) is 3.47. The maximum absolute atomic E-state index is 5.90. The fraction of sp³-hybridized carbons (Fsp3) is 0.167. The fourth-order valence-electron chi connectivity index (χ4n) is 1.81. The number of nitrogens with one attached hydrogen (secondary N) is 1. The van der Waals surface area contributed by atoms with Crippen molar-refractivity contribution < 1.29 is 0 Å². The first-order chi connectivity index (χ1) is 9.11. The third-order valence-corrected chi connectivity index (χ3v) is 3.58. The number of halogens is 1. The minimum absolute atomic E-state index is 0.187. The number of aromatic amines is 1. The molecule has 3 aromatic heterocycles. The zero-order chi connectivity index (χ0) is 13.4. The van der Waals surface area contributed by atoms with Gasteiger partial charge in [-0.2, -0.15) is 4.98 Å². The molecule has 3 rings (SSSR count). The van der Waals surface area contributed by atoms with Gasteiger partial charge in [0.25, 0.3) is 0 Å². The van der Waals surface area contributed by atoms with E-state index < -0.39 is 0 Å². The van der Waals surface area contributed by atoms with Crippen molar-refractivity contribution in [2.24, 2.45) is 0 Å². The molecule has 0 fully saturated rings. The van der Waals surface area contributed by atoms with Crippen molar-refractivity contribution in [2.45, 2.75) is 23.9 Å². The van der Waals surface area contributed by atoms with E-state index in [0.29, 0.717) is 5.65 Å². The van der Waals surface area contributed by atoms with E-state index in [4.69, 9.17) is 11.6 Å². The zero-order valence-corrected chi connectivity index (χ0v) is 11.9. The van der Waals surface area contributed by atoms with E-state index in [9.17, 15) is 0 Å². The Balaban J connectivity index is 2.07. The van der Waals surface area contributed by atoms with Crippen LogP contribution in [0.2, 0.25) is 5.28 Å². The molecule has 0 aromatic carbocycles. The smallest absolute Gasteiger partial charge is 0.225 e. The topological polar surface area (TPSA) is 67.3 Å². The maximum atomic E-state index is 5.90. The van der Waals surface area contributed by atoms with E-state index in [2.05, 4.69) is 24.9 Å². The summed E-state index contributed by atoms with van der Waals surface area (Å²) in [4.78, 5) is 19.9. The summed E-state index contributed by atoms with van der Waals surface area (Å²) >= 11 is 7.35. The highest BCUT2D eigenvalue weighted by Gasteiger charge is 2.11. The van der Waals surface area contributed by atoms with Gasteiger partial charge in [-0.05, 0) is 54.9 Å². The van der Waals surface area contributed by atoms with Crippen molar-refractivity contribution >= 4 is 34.5 Å². The van der Waals surface area contributed by atoms with Gasteiger partial charge in [0.05, 0.1) is 6.33 Å². The van der Waals surface area contributed by atoms with E-state index in [1.165, 1.54) is 11.8 Å². The Morgan fingerprint density at radius 3 is 2.79 bits per heavy atom. The lowest BCUT2D eigenvalue weighted by atomic mass is 10.3. The van der Waals surface area contributed by atoms with E-state index in [-0.39, 0.29) is 5.28 Å². The van der Waals surface area contributed by atoms with Crippen LogP contribution in [0.3, 0.4) is 0 Å². The number of nitrogens with zero attached hydrogens (tertiary/aromatic N) is 4. The number of imidazole rings is 1. The van der Waals surface area contributed by atoms with Gasteiger partial charge in [0.2, 0.25) is 5.28 Å². The molecule has 0 amide bonds. The minimum atomic E-state index is 0.187. The normalized spacial score (nSPS) is 11.1. The van der Waals surface area contributed by atoms with Gasteiger partial charge in [-0.3, -0.25) is 0 Å². The Kier molecular flexibility index (Phi) is 3.12. The summed E-state index contributed by atoms with van der Waals surface area (Å²) < 4.78 is 0. The van der Waals surface area contributed by atoms with E-state index >= 15 is 0 Å². The highest BCUT2D eigenvalue weighted by Crippen LogP contribution is 2.30. The maximum Gasteiger partial charge on any atom is 0.225 e. The molecule has 0 saturated heterocycles. The summed E-state index contributed by atoms with van der Waals surface area (Å²) in [6.07, 6.45) is 1.58. The molecule has 0 unspecified atom stereocenters. The molecule has 0 aliphatic rings. The Morgan fingerprint density at radius 1 is 1.16 bits per heavy atom. The SMILES string of the molecule is Cc1cc(C)nc(Sc2nc(Cl)nc3nc[nH]c23)c1. The Morgan fingerprint density at radius 2 is 2.00 bits per heavy atom. The van der Waals surface area contributed by atoms with Crippen molar-refractivity contribution in [3.63, 3.8) is 0 Å². The lowest BCUT2D eigenvalue weighted by molar-refractivity contribution is 1.03. The van der Waals surface area contributed by atoms with Crippen molar-refractivity contribution in [3.8, 4) is 0 Å². The summed E-state index contributed by atoms with van der Waals surface area (Å²) in [5.74, 6) is 0. The molecule has 0 spiro atoms. The van der Waals surface area contributed by atoms with Crippen molar-refractivity contribution in [1.29, 1.82) is 0 Å². The predicted octanol–water partition coefficient (Wildman–Crippen LogP) is 3.17. The molecule has 0 saturated carbocycles. The molecule has 0 atom stereocenters. The molecule has 19 heavy (non-hydrogen) atoms. The van der Waals surface area contributed by atoms with E-state index in [1.54, 1.807) is 6.33 Å². The Labute approximate surface area is 118 Å². The van der Waals surface area contributed by atoms with Crippen LogP contribution in [0.4, 0.5) is 0 Å². The van der Waals surface area contributed by atoms with Gasteiger partial charge < -0.3 is 4.98 Å². The van der Waals surface area contributed by atoms with Gasteiger partial charge in [0.1, 0.15) is 15.6 Å². The predicted molar refractivity (Wildman–Crippen MR) is 74.5 cm³/mol. The molecule has 0 aliphatic carbocycles. The lowest BCUT2D eigenvalue weighted by Crippen LogP contribution is -1.91. The lowest BCUT2D eigenvalue weighted by Gasteiger charge is -2.04. The van der Waals surface area contributed by atoms with Crippen LogP contribution >= 0.6 is 23.4 Å². The largest absolute Gasteiger partial charge is 0.341 e. The summed E-state index contributed by atoms with van der Waals surface area (Å²) in [6, 6.07) is 4.04. The standard InChI is InChI=1S/C12H10ClN5S/c1-6-3-7(2)16-8(4-6)19-11-9-10(15-5-14-9)17-12(13)18-11/h3-5H,1-2H3,(H,14,15,17,18). The van der Waals surface area contributed by atoms with Gasteiger partial charge in [0.15, 0.2) is 5.65 Å². The van der Waals surface area contributed by atoms with Crippen molar-refractivity contribution in [1.82, 2.24) is 24.9 Å². The van der Waals surface area contributed by atoms with E-state index in [0.717, 1.165) is 26.8 Å². The molecule has 7 heteroatoms. The number of pyridine rings is 1. The average Bonchev–Trinajstić information content (AvgIpc) is 2.75. The van der Waals surface area contributed by atoms with Crippen LogP contribution < -0.4 is 0 Å². The first kappa shape index (κ1) is 12.4. The molecule has 0 bridgehead atoms. The zero-order valence-electron chi connectivity index (χ0n) is 10.3. The summed E-state index contributed by atoms with van der Waals surface area (Å²) in [5, 5.41) is 1.79. The first-order valence-corrected chi connectivity index (χ1v) is 6.81. The monoisotopic (exact) mass is 291 g/mol. The molecule has 0 aliphatic heterocycles. The second-order valence-electron chi connectivity index (χ2n) is 4.13. The summed E-state index contributed by atoms with van der Waals surface area (Å²) in [6.45, 7) is 4.01. The highest BCUT2D eigenvalue weighted by molar-refractivity contribution is 7.99. The van der Waals surface area contributed by atoms with Crippen LogP contribution in [-0.4, -0.2) is 24.9 Å². The first-order valence-electron chi connectivity index (χ1n) is 5.61. The number of rotatable bonds is 2. The molecule has 3 heterocycles. The van der Waals surface area contributed by atoms with Gasteiger partial charge in [-0.25, -0.2) is 15.0 Å². The second-order valence-corrected chi connectivity index (χ2v) is 5.47. The molecule has 0 radical (unpaired) electrons. The van der Waals surface area contributed by atoms with Gasteiger partial charge in [0, 0.05) is 5.69 Å². The van der Waals surface area contributed by atoms with Crippen molar-refractivity contribution in [3.05, 3.63) is 35.0 Å². The second kappa shape index (κ2) is 4.79. The average molecular weight is 292 g/mol. The van der Waals surface area contributed by atoms with Crippen LogP contribution in [0, 0.1) is 13.8 Å². The van der Waals surface area contributed by atoms with E-state index in [1.807, 2.05) is 26.0 Å². The fourth-order valence-corrected chi connectivity index (χ4v) is 3.04. The quantitative estimate of drug-likeness (QED) is 0.580. The molecular weight excluding hydrogens is 282 g/mol. The number of aryl methyl sites for hydroxylation is 2. The third kappa shape index (κ3) is 2.54. The van der Waals surface area contributed by atoms with Gasteiger partial charge in [-0.15, -0.1) is 0 Å². The Hall–Kier alpha value is -1.66. The number of hydrogen-bond donors (Lipinski definition) is 1. The molecule has 96 valence electrons. The number of aromatic nitrogens is 5. The van der Waals surface area contributed by atoms with Gasteiger partial charge in [-0.1, -0.05) is 0 Å². The minimum Gasteiger partial charge on any atom is -0.341 e. The Bertz CT molecular complexity index is 735. The number of fused-ring (bicyclic) bond motifs is 1. The van der Waals surface area contributed by atoms with Crippen LogP contribution in [0.5, 0.6) is 0 Å². The summed E-state index contributed by atoms with van der Waals surface area (Å²) in [7, 11) is 0. The van der Waals surface area contributed by atoms with Crippen LogP contribution in [0.1, 0.15) is 11.3 Å². The number of H-pyrrole nitrogens is 1. The van der Waals surface area contributed by atoms with Crippen LogP contribution in [-0.2, 0) is 0 Å². The third-order valence-electron chi connectivity index (χ3n) is 2.50. The molecular formula is C12H10ClN5S. The molecule has 5 nitrogen and oxygen atoms in total. The van der Waals surface area contributed by atoms with Crippen LogP contribution in [0.15, 0.2) is 28.5 Å². The number of hydrogen-bond acceptors (Lipinski definition) is 5.